The molecule has 4 aromatic rings. The van der Waals surface area contributed by atoms with E-state index in [1.807, 2.05) is 24.3 Å². The van der Waals surface area contributed by atoms with Gasteiger partial charge < -0.3 is 16.4 Å². The molecule has 0 spiro atoms. The minimum atomic E-state index is -0.171. The van der Waals surface area contributed by atoms with Gasteiger partial charge in [-0.15, -0.1) is 0 Å². The Morgan fingerprint density at radius 1 is 1.17 bits per heavy atom. The van der Waals surface area contributed by atoms with Gasteiger partial charge in [0.15, 0.2) is 11.5 Å². The first-order valence-electron chi connectivity index (χ1n) is 11.5. The third kappa shape index (κ3) is 5.31. The zero-order chi connectivity index (χ0) is 24.2. The molecule has 10 heteroatoms. The van der Waals surface area contributed by atoms with Gasteiger partial charge in [0.2, 0.25) is 5.82 Å². The number of carbonyl (C=O) groups is 1. The van der Waals surface area contributed by atoms with Crippen molar-refractivity contribution in [2.75, 3.05) is 18.8 Å². The van der Waals surface area contributed by atoms with Gasteiger partial charge in [-0.25, -0.2) is 15.0 Å². The molecule has 1 saturated heterocycles. The molecule has 1 atom stereocenters. The van der Waals surface area contributed by atoms with Crippen LogP contribution in [0.15, 0.2) is 54.7 Å². The molecule has 0 saturated carbocycles. The highest BCUT2D eigenvalue weighted by Gasteiger charge is 2.21. The van der Waals surface area contributed by atoms with E-state index in [0.29, 0.717) is 40.3 Å². The fourth-order valence-corrected chi connectivity index (χ4v) is 4.20. The predicted octanol–water partition coefficient (Wildman–Crippen LogP) is 3.56. The molecule has 178 valence electrons. The minimum absolute atomic E-state index is 0.171. The van der Waals surface area contributed by atoms with Crippen molar-refractivity contribution in [3.8, 4) is 22.8 Å². The van der Waals surface area contributed by atoms with E-state index in [-0.39, 0.29) is 11.7 Å². The average molecular weight is 489 g/mol. The number of piperidine rings is 1. The maximum absolute atomic E-state index is 12.4. The molecule has 1 fully saturated rings. The van der Waals surface area contributed by atoms with Crippen LogP contribution in [0.5, 0.6) is 0 Å². The van der Waals surface area contributed by atoms with Crippen LogP contribution in [0.4, 0.5) is 5.82 Å². The summed E-state index contributed by atoms with van der Waals surface area (Å²) in [7, 11) is 0. The minimum Gasteiger partial charge on any atom is -0.382 e. The first-order chi connectivity index (χ1) is 17.1. The van der Waals surface area contributed by atoms with Crippen molar-refractivity contribution >= 4 is 23.3 Å². The Bertz CT molecular complexity index is 1330. The number of halogens is 1. The number of anilines is 1. The Hall–Kier alpha value is -3.82. The molecule has 5 N–H and O–H groups in total. The second kappa shape index (κ2) is 10.2. The number of hydrogen-bond donors (Lipinski definition) is 4. The Balaban J connectivity index is 1.33. The summed E-state index contributed by atoms with van der Waals surface area (Å²) in [5.41, 5.74) is 9.54. The second-order valence-corrected chi connectivity index (χ2v) is 8.90. The Kier molecular flexibility index (Phi) is 6.69. The van der Waals surface area contributed by atoms with Crippen molar-refractivity contribution in [1.29, 1.82) is 0 Å². The molecule has 9 nitrogen and oxygen atoms in total. The van der Waals surface area contributed by atoms with Crippen molar-refractivity contribution in [2.45, 2.75) is 25.3 Å². The van der Waals surface area contributed by atoms with Gasteiger partial charge in [0.25, 0.3) is 5.91 Å². The van der Waals surface area contributed by atoms with Gasteiger partial charge in [0, 0.05) is 35.2 Å². The number of nitrogen functional groups attached to an aromatic ring is 1. The Morgan fingerprint density at radius 3 is 2.83 bits per heavy atom. The van der Waals surface area contributed by atoms with Crippen LogP contribution in [0.25, 0.3) is 22.8 Å². The van der Waals surface area contributed by atoms with Gasteiger partial charge in [-0.1, -0.05) is 29.8 Å². The van der Waals surface area contributed by atoms with Crippen LogP contribution in [0.2, 0.25) is 5.02 Å². The number of benzene rings is 2. The molecule has 3 heterocycles. The van der Waals surface area contributed by atoms with E-state index in [0.717, 1.165) is 42.9 Å². The summed E-state index contributed by atoms with van der Waals surface area (Å²) >= 11 is 5.90. The maximum Gasteiger partial charge on any atom is 0.251 e. The van der Waals surface area contributed by atoms with E-state index in [4.69, 9.17) is 22.3 Å². The zero-order valence-electron chi connectivity index (χ0n) is 19.0. The number of aromatic amines is 1. The number of carbonyl (C=O) groups excluding carboxylic acids is 1. The summed E-state index contributed by atoms with van der Waals surface area (Å²) in [5, 5.41) is 14.3. The molecule has 1 amide bonds. The van der Waals surface area contributed by atoms with E-state index in [1.165, 1.54) is 0 Å². The average Bonchev–Trinajstić information content (AvgIpc) is 3.39. The number of amides is 1. The first kappa shape index (κ1) is 22.9. The molecule has 2 aromatic carbocycles. The molecule has 1 aliphatic heterocycles. The summed E-state index contributed by atoms with van der Waals surface area (Å²) in [6.07, 6.45) is 3.79. The normalized spacial score (nSPS) is 15.6. The van der Waals surface area contributed by atoms with Crippen molar-refractivity contribution in [3.05, 3.63) is 76.7 Å². The standard InChI is InChI=1S/C25H25ClN8O/c26-19-8-6-16(7-9-19)25(35)30-12-15-3-1-4-17(11-15)20-14-29-22(27)21(31-20)24-32-23(33-34-24)18-5-2-10-28-13-18/h1,3-4,6-9,11,14,18,28H,2,5,10,12-13H2,(H2,27,29)(H,30,35)(H,32,33,34). The topological polar surface area (TPSA) is 134 Å². The van der Waals surface area contributed by atoms with Crippen LogP contribution in [0.3, 0.4) is 0 Å². The van der Waals surface area contributed by atoms with Crippen LogP contribution in [0, 0.1) is 0 Å². The van der Waals surface area contributed by atoms with Gasteiger partial charge in [-0.2, -0.15) is 5.10 Å². The van der Waals surface area contributed by atoms with Crippen LogP contribution in [-0.4, -0.2) is 44.1 Å². The predicted molar refractivity (Wildman–Crippen MR) is 135 cm³/mol. The molecular formula is C25H25ClN8O. The van der Waals surface area contributed by atoms with Crippen molar-refractivity contribution in [1.82, 2.24) is 35.8 Å². The zero-order valence-corrected chi connectivity index (χ0v) is 19.7. The SMILES string of the molecule is Nc1ncc(-c2cccc(CNC(=O)c3ccc(Cl)cc3)c2)nc1-c1n[nH]c(C2CCCNC2)n1. The number of nitrogens with zero attached hydrogens (tertiary/aromatic N) is 4. The van der Waals surface area contributed by atoms with E-state index >= 15 is 0 Å². The molecule has 35 heavy (non-hydrogen) atoms. The Morgan fingerprint density at radius 2 is 2.03 bits per heavy atom. The smallest absolute Gasteiger partial charge is 0.251 e. The summed E-state index contributed by atoms with van der Waals surface area (Å²) in [4.78, 5) is 26.1. The van der Waals surface area contributed by atoms with Gasteiger partial charge in [-0.05, 0) is 55.3 Å². The molecule has 1 aliphatic rings. The van der Waals surface area contributed by atoms with Gasteiger partial charge >= 0.3 is 0 Å². The summed E-state index contributed by atoms with van der Waals surface area (Å²) < 4.78 is 0. The molecular weight excluding hydrogens is 464 g/mol. The molecule has 5 rings (SSSR count). The van der Waals surface area contributed by atoms with Crippen LogP contribution in [-0.2, 0) is 6.54 Å². The van der Waals surface area contributed by atoms with Crippen LogP contribution < -0.4 is 16.4 Å². The van der Waals surface area contributed by atoms with E-state index in [2.05, 4.69) is 30.8 Å². The summed E-state index contributed by atoms with van der Waals surface area (Å²) in [6, 6.07) is 14.5. The Labute approximate surface area is 207 Å². The van der Waals surface area contributed by atoms with Crippen LogP contribution >= 0.6 is 11.6 Å². The number of H-pyrrole nitrogens is 1. The number of hydrogen-bond acceptors (Lipinski definition) is 7. The van der Waals surface area contributed by atoms with Crippen molar-refractivity contribution in [2.24, 2.45) is 0 Å². The van der Waals surface area contributed by atoms with E-state index in [1.54, 1.807) is 30.5 Å². The fourth-order valence-electron chi connectivity index (χ4n) is 4.08. The second-order valence-electron chi connectivity index (χ2n) is 8.47. The van der Waals surface area contributed by atoms with Gasteiger partial charge in [0.05, 0.1) is 11.9 Å². The largest absolute Gasteiger partial charge is 0.382 e. The lowest BCUT2D eigenvalue weighted by molar-refractivity contribution is 0.0951. The van der Waals surface area contributed by atoms with Crippen molar-refractivity contribution in [3.63, 3.8) is 0 Å². The number of aromatic nitrogens is 5. The molecule has 0 bridgehead atoms. The van der Waals surface area contributed by atoms with Crippen LogP contribution in [0.1, 0.15) is 40.5 Å². The highest BCUT2D eigenvalue weighted by Crippen LogP contribution is 2.26. The lowest BCUT2D eigenvalue weighted by Gasteiger charge is -2.20. The van der Waals surface area contributed by atoms with E-state index in [9.17, 15) is 4.79 Å². The number of nitrogens with two attached hydrogens (primary N) is 1. The fraction of sp³-hybridized carbons (Fsp3) is 0.240. The third-order valence-corrected chi connectivity index (χ3v) is 6.23. The van der Waals surface area contributed by atoms with E-state index < -0.39 is 0 Å². The first-order valence-corrected chi connectivity index (χ1v) is 11.8. The van der Waals surface area contributed by atoms with Gasteiger partial charge in [0.1, 0.15) is 5.82 Å². The van der Waals surface area contributed by atoms with Gasteiger partial charge in [-0.3, -0.25) is 9.89 Å². The molecule has 2 aromatic heterocycles. The lowest BCUT2D eigenvalue weighted by Crippen LogP contribution is -2.28. The molecule has 0 radical (unpaired) electrons. The summed E-state index contributed by atoms with van der Waals surface area (Å²) in [5.74, 6) is 1.66. The highest BCUT2D eigenvalue weighted by molar-refractivity contribution is 6.30. The number of nitrogens with one attached hydrogen (secondary N) is 3. The quantitative estimate of drug-likeness (QED) is 0.326. The van der Waals surface area contributed by atoms with Crippen molar-refractivity contribution < 1.29 is 4.79 Å². The molecule has 0 aliphatic carbocycles. The lowest BCUT2D eigenvalue weighted by atomic mass is 9.99. The number of rotatable bonds is 6. The maximum atomic E-state index is 12.4. The monoisotopic (exact) mass is 488 g/mol. The third-order valence-electron chi connectivity index (χ3n) is 5.98. The summed E-state index contributed by atoms with van der Waals surface area (Å²) in [6.45, 7) is 2.27. The molecule has 1 unspecified atom stereocenters. The highest BCUT2D eigenvalue weighted by atomic mass is 35.5.